The number of H-pyrrole nitrogens is 1. The van der Waals surface area contributed by atoms with Gasteiger partial charge in [0.25, 0.3) is 0 Å². The first-order valence-corrected chi connectivity index (χ1v) is 11.5. The second kappa shape index (κ2) is 10.1. The molecule has 1 aliphatic rings. The maximum absolute atomic E-state index is 5.44. The van der Waals surface area contributed by atoms with Gasteiger partial charge in [0.2, 0.25) is 0 Å². The third-order valence-electron chi connectivity index (χ3n) is 6.22. The number of fused-ring (bicyclic) bond motifs is 1. The number of methoxy groups -OCH3 is 1. The lowest BCUT2D eigenvalue weighted by molar-refractivity contribution is -0.466. The van der Waals surface area contributed by atoms with E-state index in [1.54, 1.807) is 7.11 Å². The molecule has 2 aromatic carbocycles. The van der Waals surface area contributed by atoms with Gasteiger partial charge >= 0.3 is 0 Å². The first kappa shape index (κ1) is 23.1. The normalized spacial score (nSPS) is 16.4. The number of ether oxygens (including phenoxy) is 1. The topological polar surface area (TPSA) is 31.3 Å². The Morgan fingerprint density at radius 1 is 1.10 bits per heavy atom. The van der Waals surface area contributed by atoms with Crippen LogP contribution in [0.4, 0.5) is 0 Å². The number of rotatable bonds is 5. The molecule has 1 atom stereocenters. The van der Waals surface area contributed by atoms with Crippen molar-refractivity contribution >= 4 is 16.6 Å². The third-order valence-corrected chi connectivity index (χ3v) is 6.22. The average Bonchev–Trinajstić information content (AvgIpc) is 3.36. The number of hydrogen-bond donors (Lipinski definition) is 1. The summed E-state index contributed by atoms with van der Waals surface area (Å²) in [5.74, 6) is 1.38. The van der Waals surface area contributed by atoms with E-state index in [0.29, 0.717) is 5.92 Å². The van der Waals surface area contributed by atoms with Crippen molar-refractivity contribution < 1.29 is 9.31 Å². The van der Waals surface area contributed by atoms with Gasteiger partial charge in [-0.1, -0.05) is 50.6 Å². The Hall–Kier alpha value is -2.59. The summed E-state index contributed by atoms with van der Waals surface area (Å²) in [6, 6.07) is 15.4. The number of aromatic amines is 1. The van der Waals surface area contributed by atoms with Crippen LogP contribution in [0.3, 0.4) is 0 Å². The van der Waals surface area contributed by atoms with Crippen molar-refractivity contribution in [2.24, 2.45) is 0 Å². The smallest absolute Gasteiger partial charge is 0.174 e. The van der Waals surface area contributed by atoms with Gasteiger partial charge in [0, 0.05) is 29.7 Å². The van der Waals surface area contributed by atoms with E-state index >= 15 is 0 Å². The van der Waals surface area contributed by atoms with E-state index < -0.39 is 0 Å². The van der Waals surface area contributed by atoms with Crippen LogP contribution in [0, 0.1) is 6.92 Å². The maximum Gasteiger partial charge on any atom is 0.174 e. The quantitative estimate of drug-likeness (QED) is 0.562. The van der Waals surface area contributed by atoms with Gasteiger partial charge in [0.15, 0.2) is 5.71 Å². The van der Waals surface area contributed by atoms with E-state index in [4.69, 9.17) is 4.74 Å². The Kier molecular flexibility index (Phi) is 7.55. The molecular weight excluding hydrogens is 382 g/mol. The fourth-order valence-corrected chi connectivity index (χ4v) is 4.61. The van der Waals surface area contributed by atoms with Crippen molar-refractivity contribution in [1.82, 2.24) is 9.88 Å². The molecule has 2 heterocycles. The second-order valence-electron chi connectivity index (χ2n) is 8.37. The van der Waals surface area contributed by atoms with Crippen LogP contribution in [0.5, 0.6) is 5.75 Å². The van der Waals surface area contributed by atoms with E-state index in [-0.39, 0.29) is 0 Å². The van der Waals surface area contributed by atoms with Gasteiger partial charge in [0.1, 0.15) is 19.8 Å². The van der Waals surface area contributed by atoms with E-state index in [0.717, 1.165) is 31.8 Å². The highest BCUT2D eigenvalue weighted by molar-refractivity contribution is 5.91. The molecule has 3 aromatic rings. The molecule has 0 radical (unpaired) electrons. The summed E-state index contributed by atoms with van der Waals surface area (Å²) in [5, 5.41) is 1.29. The van der Waals surface area contributed by atoms with E-state index in [1.165, 1.54) is 39.0 Å². The van der Waals surface area contributed by atoms with Crippen molar-refractivity contribution in [2.45, 2.75) is 46.6 Å². The van der Waals surface area contributed by atoms with Gasteiger partial charge in [-0.05, 0) is 42.7 Å². The van der Waals surface area contributed by atoms with Crippen LogP contribution in [0.25, 0.3) is 10.9 Å². The predicted octanol–water partition coefficient (Wildman–Crippen LogP) is 5.39. The fraction of sp³-hybridized carbons (Fsp3) is 0.444. The molecule has 1 aliphatic heterocycles. The molecule has 166 valence electrons. The van der Waals surface area contributed by atoms with Crippen molar-refractivity contribution in [3.8, 4) is 5.75 Å². The number of aryl methyl sites for hydroxylation is 2. The minimum Gasteiger partial charge on any atom is -0.497 e. The Labute approximate surface area is 187 Å². The summed E-state index contributed by atoms with van der Waals surface area (Å²) in [6.45, 7) is 11.4. The predicted molar refractivity (Wildman–Crippen MR) is 132 cm³/mol. The van der Waals surface area contributed by atoms with Gasteiger partial charge in [-0.15, -0.1) is 0 Å². The van der Waals surface area contributed by atoms with Gasteiger partial charge in [-0.3, -0.25) is 4.90 Å². The Morgan fingerprint density at radius 3 is 2.42 bits per heavy atom. The zero-order valence-corrected chi connectivity index (χ0v) is 20.2. The Morgan fingerprint density at radius 2 is 1.81 bits per heavy atom. The van der Waals surface area contributed by atoms with Crippen molar-refractivity contribution in [3.05, 3.63) is 64.8 Å². The number of nitrogens with one attached hydrogen (secondary N) is 1. The van der Waals surface area contributed by atoms with E-state index in [1.807, 2.05) is 19.9 Å². The molecule has 4 heteroatoms. The number of benzene rings is 2. The number of likely N-dealkylation sites (tertiary alicyclic amines) is 1. The standard InChI is InChI=1S/C25H32N3O.C2H6/c1-6-20-21-13-19(29-5)11-12-23(21)26-24(20)15-28-14-22(25(16-28)27(3)4)18-9-7-17(2)8-10-18;1-2/h7-13,22,26H,6,14-16H2,1-5H3;1-2H3/q+1;. The van der Waals surface area contributed by atoms with Crippen LogP contribution in [0.15, 0.2) is 42.5 Å². The van der Waals surface area contributed by atoms with Crippen molar-refractivity contribution in [3.63, 3.8) is 0 Å². The third kappa shape index (κ3) is 4.85. The molecule has 4 nitrogen and oxygen atoms in total. The highest BCUT2D eigenvalue weighted by Crippen LogP contribution is 2.31. The largest absolute Gasteiger partial charge is 0.497 e. The molecule has 0 amide bonds. The van der Waals surface area contributed by atoms with Gasteiger partial charge in [-0.2, -0.15) is 0 Å². The second-order valence-corrected chi connectivity index (χ2v) is 8.37. The molecule has 31 heavy (non-hydrogen) atoms. The van der Waals surface area contributed by atoms with E-state index in [9.17, 15) is 0 Å². The zero-order chi connectivity index (χ0) is 22.5. The monoisotopic (exact) mass is 420 g/mol. The fourth-order valence-electron chi connectivity index (χ4n) is 4.61. The SMILES string of the molecule is CC.CCc1c(CN2CC(=[N+](C)C)C(c3ccc(C)cc3)C2)[nH]c2ccc(OC)cc12. The van der Waals surface area contributed by atoms with Crippen LogP contribution in [-0.2, 0) is 13.0 Å². The molecule has 0 saturated carbocycles. The van der Waals surface area contributed by atoms with Crippen LogP contribution < -0.4 is 4.74 Å². The average molecular weight is 421 g/mol. The summed E-state index contributed by atoms with van der Waals surface area (Å²) in [7, 11) is 6.08. The molecule has 1 unspecified atom stereocenters. The molecule has 0 spiro atoms. The summed E-state index contributed by atoms with van der Waals surface area (Å²) in [5.41, 5.74) is 8.16. The van der Waals surface area contributed by atoms with Crippen LogP contribution >= 0.6 is 0 Å². The van der Waals surface area contributed by atoms with Crippen LogP contribution in [0.2, 0.25) is 0 Å². The molecule has 1 aromatic heterocycles. The minimum atomic E-state index is 0.458. The molecule has 1 N–H and O–H groups in total. The first-order chi connectivity index (χ1) is 15.0. The Bertz CT molecular complexity index is 1040. The van der Waals surface area contributed by atoms with E-state index in [2.05, 4.69) is 78.8 Å². The van der Waals surface area contributed by atoms with Gasteiger partial charge in [0.05, 0.1) is 19.6 Å². The van der Waals surface area contributed by atoms with Crippen molar-refractivity contribution in [2.75, 3.05) is 34.3 Å². The molecule has 0 bridgehead atoms. The van der Waals surface area contributed by atoms with Crippen LogP contribution in [-0.4, -0.2) is 54.5 Å². The lowest BCUT2D eigenvalue weighted by atomic mass is 9.95. The molecular formula is C27H38N3O+. The number of hydrogen-bond acceptors (Lipinski definition) is 2. The maximum atomic E-state index is 5.44. The number of aromatic nitrogens is 1. The summed E-state index contributed by atoms with van der Waals surface area (Å²) in [6.07, 6.45) is 1.02. The zero-order valence-electron chi connectivity index (χ0n) is 20.2. The Balaban J connectivity index is 0.00000132. The lowest BCUT2D eigenvalue weighted by Crippen LogP contribution is -2.23. The van der Waals surface area contributed by atoms with Crippen molar-refractivity contribution in [1.29, 1.82) is 0 Å². The highest BCUT2D eigenvalue weighted by atomic mass is 16.5. The molecule has 4 rings (SSSR count). The molecule has 1 saturated heterocycles. The van der Waals surface area contributed by atoms with Gasteiger partial charge < -0.3 is 9.72 Å². The summed E-state index contributed by atoms with van der Waals surface area (Å²) >= 11 is 0. The lowest BCUT2D eigenvalue weighted by Gasteiger charge is -2.15. The number of nitrogens with zero attached hydrogens (tertiary/aromatic N) is 2. The minimum absolute atomic E-state index is 0.458. The first-order valence-electron chi connectivity index (χ1n) is 11.5. The van der Waals surface area contributed by atoms with Crippen LogP contribution in [0.1, 0.15) is 49.1 Å². The highest BCUT2D eigenvalue weighted by Gasteiger charge is 2.35. The molecule has 1 fully saturated rings. The summed E-state index contributed by atoms with van der Waals surface area (Å²) < 4.78 is 7.75. The summed E-state index contributed by atoms with van der Waals surface area (Å²) in [4.78, 5) is 6.25. The van der Waals surface area contributed by atoms with Gasteiger partial charge in [-0.25, -0.2) is 4.58 Å². The molecule has 0 aliphatic carbocycles.